The van der Waals surface area contributed by atoms with Gasteiger partial charge in [-0.15, -0.1) is 0 Å². The van der Waals surface area contributed by atoms with Crippen LogP contribution in [0.5, 0.6) is 6.01 Å². The van der Waals surface area contributed by atoms with Crippen LogP contribution in [0.2, 0.25) is 0 Å². The number of ether oxygens (including phenoxy) is 1. The summed E-state index contributed by atoms with van der Waals surface area (Å²) in [4.78, 5) is 8.64. The van der Waals surface area contributed by atoms with E-state index in [1.165, 1.54) is 25.7 Å². The van der Waals surface area contributed by atoms with Crippen LogP contribution in [0.15, 0.2) is 6.07 Å². The number of hydrogen-bond acceptors (Lipinski definition) is 4. The predicted molar refractivity (Wildman–Crippen MR) is 66.8 cm³/mol. The summed E-state index contributed by atoms with van der Waals surface area (Å²) in [7, 11) is 0. The highest BCUT2D eigenvalue weighted by molar-refractivity contribution is 5.12. The van der Waals surface area contributed by atoms with Crippen LogP contribution in [0.4, 0.5) is 0 Å². The molecule has 4 heteroatoms. The Morgan fingerprint density at radius 1 is 1.24 bits per heavy atom. The average Bonchev–Trinajstić information content (AvgIpc) is 2.57. The molecule has 0 amide bonds. The quantitative estimate of drug-likeness (QED) is 0.817. The van der Waals surface area contributed by atoms with E-state index in [2.05, 4.69) is 9.97 Å². The normalized spacial score (nSPS) is 17.8. The standard InChI is InChI=1S/C13H21N3O/c1-10-8-11(9-14)16-13(15-10)17-12-6-4-2-3-5-7-12/h8,12H,2-7,9,14H2,1H3. The molecule has 17 heavy (non-hydrogen) atoms. The van der Waals surface area contributed by atoms with E-state index in [1.807, 2.05) is 13.0 Å². The Balaban J connectivity index is 2.03. The molecule has 4 nitrogen and oxygen atoms in total. The number of aromatic nitrogens is 2. The van der Waals surface area contributed by atoms with Crippen molar-refractivity contribution < 1.29 is 4.74 Å². The Labute approximate surface area is 103 Å². The molecule has 1 saturated carbocycles. The molecule has 0 saturated heterocycles. The molecule has 1 fully saturated rings. The second kappa shape index (κ2) is 5.96. The largest absolute Gasteiger partial charge is 0.460 e. The summed E-state index contributed by atoms with van der Waals surface area (Å²) >= 11 is 0. The van der Waals surface area contributed by atoms with Gasteiger partial charge in [0.05, 0.1) is 5.69 Å². The van der Waals surface area contributed by atoms with Gasteiger partial charge < -0.3 is 10.5 Å². The third-order valence-corrected chi connectivity index (χ3v) is 3.17. The molecular formula is C13H21N3O. The van der Waals surface area contributed by atoms with Gasteiger partial charge in [0.2, 0.25) is 0 Å². The Bertz CT molecular complexity index is 360. The molecule has 94 valence electrons. The van der Waals surface area contributed by atoms with Crippen molar-refractivity contribution in [3.05, 3.63) is 17.5 Å². The molecule has 1 aliphatic rings. The van der Waals surface area contributed by atoms with Crippen LogP contribution in [0, 0.1) is 6.92 Å². The maximum Gasteiger partial charge on any atom is 0.317 e. The summed E-state index contributed by atoms with van der Waals surface area (Å²) in [6.07, 6.45) is 7.67. The summed E-state index contributed by atoms with van der Waals surface area (Å²) in [5, 5.41) is 0. The van der Waals surface area contributed by atoms with E-state index in [1.54, 1.807) is 0 Å². The van der Waals surface area contributed by atoms with E-state index < -0.39 is 0 Å². The minimum Gasteiger partial charge on any atom is -0.460 e. The van der Waals surface area contributed by atoms with Crippen LogP contribution in [0.25, 0.3) is 0 Å². The molecule has 1 aliphatic carbocycles. The molecule has 0 bridgehead atoms. The Morgan fingerprint density at radius 2 is 1.94 bits per heavy atom. The van der Waals surface area contributed by atoms with Crippen LogP contribution in [-0.4, -0.2) is 16.1 Å². The lowest BCUT2D eigenvalue weighted by Gasteiger charge is -2.15. The van der Waals surface area contributed by atoms with Gasteiger partial charge in [-0.1, -0.05) is 12.8 Å². The minimum absolute atomic E-state index is 0.282. The van der Waals surface area contributed by atoms with Gasteiger partial charge in [-0.2, -0.15) is 4.98 Å². The highest BCUT2D eigenvalue weighted by Crippen LogP contribution is 2.21. The summed E-state index contributed by atoms with van der Waals surface area (Å²) in [5.74, 6) is 0. The third kappa shape index (κ3) is 3.66. The van der Waals surface area contributed by atoms with Gasteiger partial charge in [-0.05, 0) is 38.7 Å². The fourth-order valence-electron chi connectivity index (χ4n) is 2.27. The highest BCUT2D eigenvalue weighted by atomic mass is 16.5. The first kappa shape index (κ1) is 12.3. The SMILES string of the molecule is Cc1cc(CN)nc(OC2CCCCCC2)n1. The number of nitrogens with two attached hydrogens (primary N) is 1. The van der Waals surface area contributed by atoms with Crippen molar-refractivity contribution >= 4 is 0 Å². The topological polar surface area (TPSA) is 61.0 Å². The molecule has 1 aromatic heterocycles. The first-order chi connectivity index (χ1) is 8.28. The van der Waals surface area contributed by atoms with E-state index in [9.17, 15) is 0 Å². The van der Waals surface area contributed by atoms with Crippen LogP contribution in [-0.2, 0) is 6.54 Å². The Morgan fingerprint density at radius 3 is 2.59 bits per heavy atom. The molecule has 0 atom stereocenters. The molecule has 2 rings (SSSR count). The maximum absolute atomic E-state index is 5.88. The zero-order valence-electron chi connectivity index (χ0n) is 10.5. The van der Waals surface area contributed by atoms with E-state index in [4.69, 9.17) is 10.5 Å². The van der Waals surface area contributed by atoms with Crippen molar-refractivity contribution in [1.29, 1.82) is 0 Å². The van der Waals surface area contributed by atoms with Crippen molar-refractivity contribution in [1.82, 2.24) is 9.97 Å². The van der Waals surface area contributed by atoms with Gasteiger partial charge in [0, 0.05) is 12.2 Å². The van der Waals surface area contributed by atoms with Crippen molar-refractivity contribution in [3.63, 3.8) is 0 Å². The molecule has 0 aliphatic heterocycles. The minimum atomic E-state index is 0.282. The average molecular weight is 235 g/mol. The van der Waals surface area contributed by atoms with Crippen molar-refractivity contribution in [3.8, 4) is 6.01 Å². The molecular weight excluding hydrogens is 214 g/mol. The fourth-order valence-corrected chi connectivity index (χ4v) is 2.27. The molecule has 1 heterocycles. The number of rotatable bonds is 3. The molecule has 0 spiro atoms. The van der Waals surface area contributed by atoms with Crippen LogP contribution in [0.3, 0.4) is 0 Å². The first-order valence-electron chi connectivity index (χ1n) is 6.49. The van der Waals surface area contributed by atoms with E-state index in [0.29, 0.717) is 12.6 Å². The number of hydrogen-bond donors (Lipinski definition) is 1. The lowest BCUT2D eigenvalue weighted by molar-refractivity contribution is 0.167. The number of aryl methyl sites for hydroxylation is 1. The zero-order chi connectivity index (χ0) is 12.1. The Kier molecular flexibility index (Phi) is 4.31. The van der Waals surface area contributed by atoms with Gasteiger partial charge in [0.25, 0.3) is 0 Å². The smallest absolute Gasteiger partial charge is 0.317 e. The van der Waals surface area contributed by atoms with Crippen LogP contribution < -0.4 is 10.5 Å². The fraction of sp³-hybridized carbons (Fsp3) is 0.692. The molecule has 0 unspecified atom stereocenters. The molecule has 0 radical (unpaired) electrons. The van der Waals surface area contributed by atoms with Gasteiger partial charge in [0.1, 0.15) is 6.10 Å². The van der Waals surface area contributed by atoms with Crippen molar-refractivity contribution in [2.24, 2.45) is 5.73 Å². The summed E-state index contributed by atoms with van der Waals surface area (Å²) in [6, 6.07) is 2.40. The van der Waals surface area contributed by atoms with Crippen molar-refractivity contribution in [2.75, 3.05) is 0 Å². The summed E-state index contributed by atoms with van der Waals surface area (Å²) in [5.41, 5.74) is 7.37. The maximum atomic E-state index is 5.88. The van der Waals surface area contributed by atoms with Gasteiger partial charge >= 0.3 is 6.01 Å². The van der Waals surface area contributed by atoms with Gasteiger partial charge in [-0.25, -0.2) is 4.98 Å². The highest BCUT2D eigenvalue weighted by Gasteiger charge is 2.15. The lowest BCUT2D eigenvalue weighted by atomic mass is 10.2. The molecule has 2 N–H and O–H groups in total. The van der Waals surface area contributed by atoms with E-state index in [-0.39, 0.29) is 6.10 Å². The van der Waals surface area contributed by atoms with E-state index in [0.717, 1.165) is 24.2 Å². The third-order valence-electron chi connectivity index (χ3n) is 3.17. The lowest BCUT2D eigenvalue weighted by Crippen LogP contribution is -2.17. The second-order valence-corrected chi connectivity index (χ2v) is 4.72. The van der Waals surface area contributed by atoms with E-state index >= 15 is 0 Å². The predicted octanol–water partition coefficient (Wildman–Crippen LogP) is 2.35. The molecule has 0 aromatic carbocycles. The molecule has 1 aromatic rings. The summed E-state index contributed by atoms with van der Waals surface area (Å²) < 4.78 is 5.88. The monoisotopic (exact) mass is 235 g/mol. The number of nitrogens with zero attached hydrogens (tertiary/aromatic N) is 2. The summed E-state index contributed by atoms with van der Waals surface area (Å²) in [6.45, 7) is 2.38. The van der Waals surface area contributed by atoms with Crippen LogP contribution in [0.1, 0.15) is 49.9 Å². The van der Waals surface area contributed by atoms with Crippen LogP contribution >= 0.6 is 0 Å². The zero-order valence-corrected chi connectivity index (χ0v) is 10.5. The Hall–Kier alpha value is -1.16. The first-order valence-corrected chi connectivity index (χ1v) is 6.49. The van der Waals surface area contributed by atoms with Crippen molar-refractivity contribution in [2.45, 2.75) is 58.1 Å². The van der Waals surface area contributed by atoms with Gasteiger partial charge in [0.15, 0.2) is 0 Å². The van der Waals surface area contributed by atoms with Gasteiger partial charge in [-0.3, -0.25) is 0 Å². The second-order valence-electron chi connectivity index (χ2n) is 4.72.